The molecule has 0 unspecified atom stereocenters. The number of allylic oxidation sites excluding steroid dienone is 2. The number of carbonyl (C=O) groups excluding carboxylic acids is 4. The molecule has 10 nitrogen and oxygen atoms in total. The number of hydrogen-bond donors (Lipinski definition) is 4. The highest BCUT2D eigenvalue weighted by atomic mass is 16.5. The Morgan fingerprint density at radius 2 is 1.67 bits per heavy atom. The van der Waals surface area contributed by atoms with Gasteiger partial charge in [-0.3, -0.25) is 19.2 Å². The number of esters is 2. The van der Waals surface area contributed by atoms with E-state index in [4.69, 9.17) is 9.47 Å². The van der Waals surface area contributed by atoms with E-state index >= 15 is 0 Å². The molecule has 2 aliphatic heterocycles. The Hall–Kier alpha value is -5.12. The summed E-state index contributed by atoms with van der Waals surface area (Å²) in [5.41, 5.74) is 9.35. The summed E-state index contributed by atoms with van der Waals surface area (Å²) < 4.78 is 10.1. The second-order valence-corrected chi connectivity index (χ2v) is 12.1. The van der Waals surface area contributed by atoms with Crippen LogP contribution in [0.1, 0.15) is 92.4 Å². The summed E-state index contributed by atoms with van der Waals surface area (Å²) in [6.45, 7) is 12.0. The summed E-state index contributed by atoms with van der Waals surface area (Å²) in [7, 11) is 2.64. The topological polar surface area (TPSA) is 146 Å². The number of H-pyrrole nitrogens is 3. The lowest BCUT2D eigenvalue weighted by molar-refractivity contribution is -0.142. The van der Waals surface area contributed by atoms with Crippen molar-refractivity contribution in [2.75, 3.05) is 14.2 Å². The second-order valence-electron chi connectivity index (χ2n) is 12.1. The van der Waals surface area contributed by atoms with Crippen molar-refractivity contribution in [3.8, 4) is 0 Å². The van der Waals surface area contributed by atoms with E-state index in [1.165, 1.54) is 14.2 Å². The molecule has 8 bridgehead atoms. The molecule has 0 amide bonds. The first-order valence-corrected chi connectivity index (χ1v) is 15.5. The number of aldehydes is 1. The summed E-state index contributed by atoms with van der Waals surface area (Å²) in [6.07, 6.45) is 9.73. The Morgan fingerprint density at radius 1 is 0.957 bits per heavy atom. The van der Waals surface area contributed by atoms with Gasteiger partial charge < -0.3 is 29.7 Å². The van der Waals surface area contributed by atoms with Crippen molar-refractivity contribution in [3.05, 3.63) is 84.8 Å². The zero-order valence-electron chi connectivity index (χ0n) is 26.9. The molecular formula is C36H38N4O6. The number of aromatic nitrogens is 3. The van der Waals surface area contributed by atoms with Gasteiger partial charge in [0.1, 0.15) is 5.92 Å². The van der Waals surface area contributed by atoms with Gasteiger partial charge in [-0.25, -0.2) is 0 Å². The van der Waals surface area contributed by atoms with Crippen LogP contribution in [0.15, 0.2) is 18.0 Å². The van der Waals surface area contributed by atoms with Crippen molar-refractivity contribution in [2.24, 2.45) is 17.8 Å². The molecule has 3 atom stereocenters. The molecule has 0 aromatic carbocycles. The lowest BCUT2D eigenvalue weighted by atomic mass is 9.85. The van der Waals surface area contributed by atoms with Crippen molar-refractivity contribution in [3.63, 3.8) is 0 Å². The Kier molecular flexibility index (Phi) is 7.83. The fourth-order valence-electron chi connectivity index (χ4n) is 7.32. The molecule has 1 aliphatic carbocycles. The molecule has 3 aromatic rings. The number of ether oxygens (including phenoxy) is 2. The van der Waals surface area contributed by atoms with Crippen LogP contribution in [0.3, 0.4) is 0 Å². The van der Waals surface area contributed by atoms with Crippen molar-refractivity contribution < 1.29 is 28.7 Å². The van der Waals surface area contributed by atoms with E-state index in [1.807, 2.05) is 39.0 Å². The average Bonchev–Trinajstić information content (AvgIpc) is 3.79. The van der Waals surface area contributed by atoms with Crippen molar-refractivity contribution in [2.45, 2.75) is 47.0 Å². The van der Waals surface area contributed by atoms with Gasteiger partial charge >= 0.3 is 11.9 Å². The average molecular weight is 623 g/mol. The monoisotopic (exact) mass is 622 g/mol. The Morgan fingerprint density at radius 3 is 2.33 bits per heavy atom. The molecule has 3 aliphatic rings. The second kappa shape index (κ2) is 11.7. The van der Waals surface area contributed by atoms with Gasteiger partial charge in [-0.2, -0.15) is 0 Å². The molecule has 4 N–H and O–H groups in total. The van der Waals surface area contributed by atoms with Crippen molar-refractivity contribution >= 4 is 53.9 Å². The molecule has 0 radical (unpaired) electrons. The Bertz CT molecular complexity index is 2030. The highest BCUT2D eigenvalue weighted by molar-refractivity contribution is 6.24. The molecule has 3 aromatic heterocycles. The van der Waals surface area contributed by atoms with Crippen LogP contribution in [0.25, 0.3) is 29.9 Å². The molecule has 10 heteroatoms. The van der Waals surface area contributed by atoms with Crippen molar-refractivity contribution in [1.29, 1.82) is 0 Å². The lowest BCUT2D eigenvalue weighted by Gasteiger charge is -2.19. The zero-order valence-corrected chi connectivity index (χ0v) is 26.9. The van der Waals surface area contributed by atoms with E-state index < -0.39 is 11.9 Å². The summed E-state index contributed by atoms with van der Waals surface area (Å²) in [4.78, 5) is 62.5. The van der Waals surface area contributed by atoms with E-state index in [9.17, 15) is 19.2 Å². The first-order chi connectivity index (χ1) is 22.1. The molecular weight excluding hydrogens is 584 g/mol. The van der Waals surface area contributed by atoms with Crippen LogP contribution in [0.2, 0.25) is 0 Å². The molecule has 1 fully saturated rings. The first-order valence-electron chi connectivity index (χ1n) is 15.5. The minimum absolute atomic E-state index is 0.107. The van der Waals surface area contributed by atoms with Crippen molar-refractivity contribution in [1.82, 2.24) is 20.3 Å². The van der Waals surface area contributed by atoms with E-state index in [-0.39, 0.29) is 30.0 Å². The minimum atomic E-state index is -1.17. The molecule has 0 spiro atoms. The maximum Gasteiger partial charge on any atom is 0.321 e. The van der Waals surface area contributed by atoms with Gasteiger partial charge in [0.25, 0.3) is 0 Å². The number of aromatic amines is 3. The highest BCUT2D eigenvalue weighted by Gasteiger charge is 2.48. The minimum Gasteiger partial charge on any atom is -0.469 e. The number of carbonyl (C=O) groups is 4. The number of rotatable bonds is 7. The van der Waals surface area contributed by atoms with Gasteiger partial charge in [-0.1, -0.05) is 26.5 Å². The number of fused-ring (bicyclic) bond motifs is 7. The number of Topliss-reactive ketones (excluding diaryl/α,β-unsaturated/α-hetero) is 1. The van der Waals surface area contributed by atoms with Crippen LogP contribution in [-0.4, -0.2) is 53.2 Å². The maximum absolute atomic E-state index is 14.1. The Balaban J connectivity index is 1.73. The molecule has 0 saturated carbocycles. The van der Waals surface area contributed by atoms with Gasteiger partial charge in [0.15, 0.2) is 12.1 Å². The van der Waals surface area contributed by atoms with Crippen LogP contribution in [0.4, 0.5) is 0 Å². The standard InChI is InChI=1S/C36H38N4O6/c1-8-19-16(3)23-12-24-17(4)21(10-11-29(42)45-6)33(39-24)31-32(36(44)46-7)35(43)30-18(5)25(40-34(30)31)13-27-20(9-2)22(15-41)28(38-27)14-26(19)37-23/h8,12-15,17,21,32,37-40H,1,9-11H2,2-7H3/b24-12-,27-13-,28-14-,33-31-/t17-,21-,32+/m0/s1. The maximum atomic E-state index is 14.1. The number of ketones is 1. The zero-order chi connectivity index (χ0) is 33.0. The third-order valence-corrected chi connectivity index (χ3v) is 9.84. The number of methoxy groups -OCH3 is 2. The molecule has 238 valence electrons. The third kappa shape index (κ3) is 4.62. The summed E-state index contributed by atoms with van der Waals surface area (Å²) in [6, 6.07) is 0. The quantitative estimate of drug-likeness (QED) is 0.178. The van der Waals surface area contributed by atoms with Gasteiger partial charge in [0.2, 0.25) is 0 Å². The number of nitrogens with one attached hydrogen (secondary N) is 4. The van der Waals surface area contributed by atoms with Crippen LogP contribution < -0.4 is 16.0 Å². The third-order valence-electron chi connectivity index (χ3n) is 9.84. The van der Waals surface area contributed by atoms with Gasteiger partial charge in [0, 0.05) is 74.3 Å². The summed E-state index contributed by atoms with van der Waals surface area (Å²) >= 11 is 0. The normalized spacial score (nSPS) is 23.8. The predicted molar refractivity (Wildman–Crippen MR) is 175 cm³/mol. The van der Waals surface area contributed by atoms with Gasteiger partial charge in [-0.05, 0) is 61.6 Å². The fraction of sp³-hybridized carbons (Fsp3) is 0.333. The Labute approximate surface area is 266 Å². The smallest absolute Gasteiger partial charge is 0.321 e. The van der Waals surface area contributed by atoms with Gasteiger partial charge in [0.05, 0.1) is 25.3 Å². The summed E-state index contributed by atoms with van der Waals surface area (Å²) in [5.74, 6) is -2.84. The molecule has 46 heavy (non-hydrogen) atoms. The lowest BCUT2D eigenvalue weighted by Crippen LogP contribution is -2.25. The van der Waals surface area contributed by atoms with E-state index in [2.05, 4.69) is 33.8 Å². The van der Waals surface area contributed by atoms with Gasteiger partial charge in [-0.15, -0.1) is 0 Å². The fourth-order valence-corrected chi connectivity index (χ4v) is 7.32. The highest BCUT2D eigenvalue weighted by Crippen LogP contribution is 2.48. The predicted octanol–water partition coefficient (Wildman–Crippen LogP) is 3.82. The number of hydrogen-bond acceptors (Lipinski definition) is 7. The molecule has 1 saturated heterocycles. The van der Waals surface area contributed by atoms with Crippen LogP contribution in [-0.2, 0) is 25.5 Å². The largest absolute Gasteiger partial charge is 0.469 e. The van der Waals surface area contributed by atoms with E-state index in [0.717, 1.165) is 45.4 Å². The van der Waals surface area contributed by atoms with E-state index in [1.54, 1.807) is 6.08 Å². The first kappa shape index (κ1) is 30.9. The molecule has 5 heterocycles. The van der Waals surface area contributed by atoms with Crippen LogP contribution in [0, 0.1) is 31.6 Å². The van der Waals surface area contributed by atoms with Crippen LogP contribution >= 0.6 is 0 Å². The SMILES string of the molecule is C=Cc1c2[nH]c(c1C)/C=C1\N/C(=C3\c4[nH]c(c(C)c4C(=O)[C@@H]3C(=O)OC)/C=c3\[nH]/c(c(C=O)c3CC)=C\2)[C@@H](CCC(=O)OC)[C@@H]1C. The molecule has 6 rings (SSSR count). The van der Waals surface area contributed by atoms with Crippen LogP contribution in [0.5, 0.6) is 0 Å². The summed E-state index contributed by atoms with van der Waals surface area (Å²) in [5, 5.41) is 4.99. The van der Waals surface area contributed by atoms with E-state index in [0.29, 0.717) is 57.5 Å².